The molecule has 46 heavy (non-hydrogen) atoms. The fourth-order valence-electron chi connectivity index (χ4n) is 12.2. The summed E-state index contributed by atoms with van der Waals surface area (Å²) in [6, 6.07) is 3.81. The van der Waals surface area contributed by atoms with Crippen molar-refractivity contribution in [2.45, 2.75) is 132 Å². The van der Waals surface area contributed by atoms with Gasteiger partial charge in [0.25, 0.3) is 0 Å². The average Bonchev–Trinajstić information content (AvgIpc) is 2.95. The van der Waals surface area contributed by atoms with Crippen LogP contribution in [0.2, 0.25) is 0 Å². The predicted molar refractivity (Wildman–Crippen MR) is 178 cm³/mol. The number of aromatic nitrogens is 1. The van der Waals surface area contributed by atoms with Crippen LogP contribution in [0.3, 0.4) is 0 Å². The Balaban J connectivity index is 1.40. The number of nitrogens with zero attached hydrogens (tertiary/aromatic N) is 1. The number of fused-ring (bicyclic) bond motifs is 7. The summed E-state index contributed by atoms with van der Waals surface area (Å²) >= 11 is 0. The highest BCUT2D eigenvalue weighted by Crippen LogP contribution is 2.76. The van der Waals surface area contributed by atoms with Crippen LogP contribution in [0.25, 0.3) is 0 Å². The molecule has 4 fully saturated rings. The Morgan fingerprint density at radius 2 is 1.57 bits per heavy atom. The Kier molecular flexibility index (Phi) is 7.88. The first kappa shape index (κ1) is 33.2. The van der Waals surface area contributed by atoms with Crippen LogP contribution in [0.5, 0.6) is 0 Å². The molecule has 0 spiro atoms. The van der Waals surface area contributed by atoms with Crippen LogP contribution >= 0.6 is 0 Å². The van der Waals surface area contributed by atoms with E-state index in [-0.39, 0.29) is 50.8 Å². The number of nitrogens with one attached hydrogen (secondary N) is 1. The van der Waals surface area contributed by atoms with Gasteiger partial charge in [-0.2, -0.15) is 0 Å². The lowest BCUT2D eigenvalue weighted by molar-refractivity contribution is -0.243. The second kappa shape index (κ2) is 10.9. The Bertz CT molecular complexity index is 1430. The summed E-state index contributed by atoms with van der Waals surface area (Å²) in [5, 5.41) is 3.29. The largest absolute Gasteiger partial charge is 0.459 e. The summed E-state index contributed by atoms with van der Waals surface area (Å²) in [4.78, 5) is 43.3. The van der Waals surface area contributed by atoms with Crippen molar-refractivity contribution in [3.63, 3.8) is 0 Å². The molecule has 0 aliphatic heterocycles. The number of anilines is 1. The molecule has 1 amide bonds. The Hall–Kier alpha value is -2.70. The van der Waals surface area contributed by atoms with Crippen molar-refractivity contribution in [2.75, 3.05) is 5.32 Å². The number of ether oxygens (including phenoxy) is 2. The van der Waals surface area contributed by atoms with Crippen LogP contribution in [0, 0.1) is 50.2 Å². The summed E-state index contributed by atoms with van der Waals surface area (Å²) in [5.74, 6) is 0.377. The van der Waals surface area contributed by atoms with E-state index in [9.17, 15) is 14.4 Å². The summed E-state index contributed by atoms with van der Waals surface area (Å²) in [6.45, 7) is 19.6. The molecule has 0 radical (unpaired) electrons. The molecule has 7 heteroatoms. The van der Waals surface area contributed by atoms with E-state index in [0.717, 1.165) is 57.1 Å². The number of carbonyl (C=O) groups excluding carboxylic acids is 3. The molecule has 252 valence electrons. The van der Waals surface area contributed by atoms with Gasteiger partial charge in [-0.15, -0.1) is 0 Å². The van der Waals surface area contributed by atoms with Gasteiger partial charge in [-0.1, -0.05) is 60.1 Å². The van der Waals surface area contributed by atoms with Gasteiger partial charge in [0.1, 0.15) is 12.2 Å². The topological polar surface area (TPSA) is 94.6 Å². The smallest absolute Gasteiger partial charge is 0.303 e. The first-order valence-electron chi connectivity index (χ1n) is 17.7. The molecule has 7 nitrogen and oxygen atoms in total. The van der Waals surface area contributed by atoms with E-state index in [1.165, 1.54) is 19.4 Å². The summed E-state index contributed by atoms with van der Waals surface area (Å²) < 4.78 is 12.0. The lowest BCUT2D eigenvalue weighted by Crippen LogP contribution is -2.67. The maximum atomic E-state index is 14.4. The number of rotatable bonds is 4. The van der Waals surface area contributed by atoms with Crippen LogP contribution in [-0.4, -0.2) is 35.0 Å². The number of allylic oxidation sites excluding steroid dienone is 2. The fraction of sp³-hybridized carbons (Fsp3) is 0.744. The lowest BCUT2D eigenvalue weighted by Gasteiger charge is -2.71. The van der Waals surface area contributed by atoms with E-state index in [4.69, 9.17) is 9.47 Å². The Morgan fingerprint density at radius 3 is 2.22 bits per heavy atom. The van der Waals surface area contributed by atoms with E-state index in [2.05, 4.69) is 64.8 Å². The van der Waals surface area contributed by atoms with Crippen molar-refractivity contribution < 1.29 is 23.9 Å². The van der Waals surface area contributed by atoms with Crippen LogP contribution < -0.4 is 5.32 Å². The van der Waals surface area contributed by atoms with Crippen LogP contribution in [0.15, 0.2) is 36.2 Å². The highest BCUT2D eigenvalue weighted by atomic mass is 16.6. The predicted octanol–water partition coefficient (Wildman–Crippen LogP) is 8.30. The van der Waals surface area contributed by atoms with Gasteiger partial charge in [0.05, 0.1) is 17.3 Å². The van der Waals surface area contributed by atoms with Crippen molar-refractivity contribution in [1.29, 1.82) is 0 Å². The minimum absolute atomic E-state index is 0.0149. The zero-order chi connectivity index (χ0) is 33.5. The standard InChI is InChI=1S/C39H56N2O5/c1-24(42)45-29-22-36(7)30(35(5,6)32(29)46-25(2)43)14-15-38(9)31(36)13-12-27-28-21-34(3,4)16-18-39(28,19-17-37(27,38)8)33(44)41-26-11-10-20-40-23-26/h10-12,20,23,28-32H,13-19,21-22H2,1-9H3,(H,41,44)/t28-,29-,30-,31+,32-,36-,37+,38+,39-/m0/s1. The van der Waals surface area contributed by atoms with Gasteiger partial charge in [-0.25, -0.2) is 0 Å². The van der Waals surface area contributed by atoms with Crippen LogP contribution in [0.1, 0.15) is 120 Å². The molecule has 0 bridgehead atoms. The molecule has 1 N–H and O–H groups in total. The van der Waals surface area contributed by atoms with E-state index >= 15 is 0 Å². The van der Waals surface area contributed by atoms with Crippen LogP contribution in [0.4, 0.5) is 5.69 Å². The molecule has 1 aromatic rings. The maximum absolute atomic E-state index is 14.4. The molecule has 1 aromatic heterocycles. The number of pyridine rings is 1. The number of carbonyl (C=O) groups is 3. The molecule has 1 heterocycles. The molecule has 0 aromatic carbocycles. The second-order valence-corrected chi connectivity index (χ2v) is 17.8. The molecule has 5 aliphatic rings. The SMILES string of the molecule is CC(=O)O[C@H]1C[C@]2(C)[C@H]3CC=C4[C@@H]5CC(C)(C)CC[C@]5(C(=O)Nc5cccnc5)CC[C@@]4(C)[C@]3(C)CC[C@H]2C(C)(C)[C@H]1OC(C)=O. The lowest BCUT2D eigenvalue weighted by atomic mass is 9.33. The minimum atomic E-state index is -0.479. The van der Waals surface area contributed by atoms with Gasteiger partial charge in [0.15, 0.2) is 0 Å². The Morgan fingerprint density at radius 1 is 0.870 bits per heavy atom. The first-order chi connectivity index (χ1) is 21.4. The normalized spacial score (nSPS) is 42.1. The van der Waals surface area contributed by atoms with E-state index in [1.807, 2.05) is 12.1 Å². The third-order valence-electron chi connectivity index (χ3n) is 14.5. The number of amides is 1. The average molecular weight is 633 g/mol. The molecular formula is C39H56N2O5. The molecule has 6 rings (SSSR count). The van der Waals surface area contributed by atoms with Crippen molar-refractivity contribution >= 4 is 23.5 Å². The molecule has 5 aliphatic carbocycles. The third kappa shape index (κ3) is 4.87. The fourth-order valence-corrected chi connectivity index (χ4v) is 12.2. The highest BCUT2D eigenvalue weighted by molar-refractivity contribution is 5.96. The quantitative estimate of drug-likeness (QED) is 0.265. The van der Waals surface area contributed by atoms with Crippen molar-refractivity contribution in [3.8, 4) is 0 Å². The van der Waals surface area contributed by atoms with Crippen molar-refractivity contribution in [2.24, 2.45) is 50.2 Å². The second-order valence-electron chi connectivity index (χ2n) is 17.8. The molecule has 4 saturated carbocycles. The first-order valence-corrected chi connectivity index (χ1v) is 17.7. The third-order valence-corrected chi connectivity index (χ3v) is 14.5. The minimum Gasteiger partial charge on any atom is -0.459 e. The monoisotopic (exact) mass is 632 g/mol. The highest BCUT2D eigenvalue weighted by Gasteiger charge is 2.70. The van der Waals surface area contributed by atoms with E-state index < -0.39 is 17.6 Å². The molecule has 0 saturated heterocycles. The zero-order valence-corrected chi connectivity index (χ0v) is 29.6. The van der Waals surface area contributed by atoms with Crippen molar-refractivity contribution in [3.05, 3.63) is 36.2 Å². The number of hydrogen-bond donors (Lipinski definition) is 1. The van der Waals surface area contributed by atoms with Gasteiger partial charge in [-0.3, -0.25) is 19.4 Å². The van der Waals surface area contributed by atoms with Gasteiger partial charge in [0, 0.05) is 25.5 Å². The Labute approximate surface area is 276 Å². The maximum Gasteiger partial charge on any atom is 0.303 e. The van der Waals surface area contributed by atoms with Gasteiger partial charge in [-0.05, 0) is 109 Å². The molecular weight excluding hydrogens is 576 g/mol. The molecule has 0 unspecified atom stereocenters. The van der Waals surface area contributed by atoms with Crippen LogP contribution in [-0.2, 0) is 23.9 Å². The molecule has 9 atom stereocenters. The number of hydrogen-bond acceptors (Lipinski definition) is 6. The van der Waals surface area contributed by atoms with E-state index in [1.54, 1.807) is 12.4 Å². The van der Waals surface area contributed by atoms with Crippen molar-refractivity contribution in [1.82, 2.24) is 4.98 Å². The summed E-state index contributed by atoms with van der Waals surface area (Å²) in [5.41, 5.74) is 1.52. The number of esters is 2. The van der Waals surface area contributed by atoms with Gasteiger partial charge >= 0.3 is 11.9 Å². The van der Waals surface area contributed by atoms with Gasteiger partial charge < -0.3 is 14.8 Å². The van der Waals surface area contributed by atoms with E-state index in [0.29, 0.717) is 18.3 Å². The van der Waals surface area contributed by atoms with Gasteiger partial charge in [0.2, 0.25) is 5.91 Å². The summed E-state index contributed by atoms with van der Waals surface area (Å²) in [7, 11) is 0. The summed E-state index contributed by atoms with van der Waals surface area (Å²) in [6.07, 6.45) is 13.7. The zero-order valence-electron chi connectivity index (χ0n) is 29.6.